The Morgan fingerprint density at radius 1 is 1.08 bits per heavy atom. The van der Waals surface area contributed by atoms with Gasteiger partial charge < -0.3 is 4.74 Å². The van der Waals surface area contributed by atoms with Crippen LogP contribution in [0.1, 0.15) is 99.3 Å². The lowest BCUT2D eigenvalue weighted by molar-refractivity contribution is -0.206. The minimum absolute atomic E-state index is 0.0284. The average Bonchev–Trinajstić information content (AvgIpc) is 3.16. The Morgan fingerprint density at radius 2 is 1.81 bits per heavy atom. The van der Waals surface area contributed by atoms with Crippen molar-refractivity contribution in [2.24, 2.45) is 52.3 Å². The van der Waals surface area contributed by atoms with Gasteiger partial charge in [-0.3, -0.25) is 0 Å². The molecule has 0 N–H and O–H groups in total. The number of fused-ring (bicyclic) bond motifs is 5. The summed E-state index contributed by atoms with van der Waals surface area (Å²) in [4.78, 5) is 11.4. The van der Waals surface area contributed by atoms with Crippen molar-refractivity contribution in [1.82, 2.24) is 0 Å². The Balaban J connectivity index is 1.47. The highest BCUT2D eigenvalue weighted by molar-refractivity contribution is 5.75. The van der Waals surface area contributed by atoms with E-state index >= 15 is 0 Å². The zero-order chi connectivity index (χ0) is 26.5. The molecule has 4 aliphatic carbocycles. The third-order valence-electron chi connectivity index (χ3n) is 11.3. The number of alkyl halides is 3. The summed E-state index contributed by atoms with van der Waals surface area (Å²) < 4.78 is 43.1. The molecule has 0 saturated heterocycles. The summed E-state index contributed by atoms with van der Waals surface area (Å²) in [6.45, 7) is 14.2. The average molecular weight is 509 g/mol. The zero-order valence-electron chi connectivity index (χ0n) is 23.2. The molecule has 0 heterocycles. The summed E-state index contributed by atoms with van der Waals surface area (Å²) in [5.41, 5.74) is 1.63. The van der Waals surface area contributed by atoms with Crippen LogP contribution in [0.4, 0.5) is 13.2 Å². The molecule has 4 rings (SSSR count). The number of rotatable bonds is 6. The maximum absolute atomic E-state index is 12.7. The van der Waals surface area contributed by atoms with Crippen molar-refractivity contribution in [2.75, 3.05) is 0 Å². The van der Waals surface area contributed by atoms with Crippen molar-refractivity contribution in [1.29, 1.82) is 0 Å². The molecule has 5 heteroatoms. The molecular formula is C31H47F3O2. The first-order valence-corrected chi connectivity index (χ1v) is 14.5. The summed E-state index contributed by atoms with van der Waals surface area (Å²) in [7, 11) is 0. The maximum atomic E-state index is 12.7. The normalized spacial score (nSPS) is 40.3. The van der Waals surface area contributed by atoms with E-state index in [1.165, 1.54) is 37.7 Å². The van der Waals surface area contributed by atoms with Crippen LogP contribution in [0.3, 0.4) is 0 Å². The summed E-state index contributed by atoms with van der Waals surface area (Å²) in [5.74, 6) is 2.57. The van der Waals surface area contributed by atoms with Crippen molar-refractivity contribution in [3.63, 3.8) is 0 Å². The van der Waals surface area contributed by atoms with Crippen LogP contribution in [0, 0.1) is 52.3 Å². The highest BCUT2D eigenvalue weighted by atomic mass is 19.4. The van der Waals surface area contributed by atoms with E-state index in [-0.39, 0.29) is 5.41 Å². The van der Waals surface area contributed by atoms with E-state index in [4.69, 9.17) is 4.74 Å². The SMILES string of the molecule is CC[C@@H](/C=C/[C@@H](C)[C@H]1CC[C@H]2[C@@H]3CC=C4C[C@@H](OC(=O)C(F)(F)F)CC[C@]4(C)[C@H]3CC[C@]12C)C(C)C. The molecule has 0 aromatic heterocycles. The van der Waals surface area contributed by atoms with Gasteiger partial charge in [0.15, 0.2) is 0 Å². The van der Waals surface area contributed by atoms with Gasteiger partial charge in [-0.05, 0) is 104 Å². The van der Waals surface area contributed by atoms with Crippen molar-refractivity contribution in [2.45, 2.75) is 112 Å². The highest BCUT2D eigenvalue weighted by Crippen LogP contribution is 2.67. The van der Waals surface area contributed by atoms with E-state index in [0.29, 0.717) is 47.8 Å². The van der Waals surface area contributed by atoms with Crippen LogP contribution in [0.25, 0.3) is 0 Å². The summed E-state index contributed by atoms with van der Waals surface area (Å²) >= 11 is 0. The Hall–Kier alpha value is -1.26. The number of ether oxygens (including phenoxy) is 1. The second-order valence-electron chi connectivity index (χ2n) is 13.3. The largest absolute Gasteiger partial charge is 0.490 e. The minimum Gasteiger partial charge on any atom is -0.455 e. The molecular weight excluding hydrogens is 461 g/mol. The summed E-state index contributed by atoms with van der Waals surface area (Å²) in [5, 5.41) is 0. The molecule has 0 aliphatic heterocycles. The third kappa shape index (κ3) is 4.94. The fraction of sp³-hybridized carbons (Fsp3) is 0.839. The van der Waals surface area contributed by atoms with Gasteiger partial charge in [0.25, 0.3) is 0 Å². The molecule has 3 saturated carbocycles. The van der Waals surface area contributed by atoms with Gasteiger partial charge in [-0.1, -0.05) is 65.3 Å². The predicted octanol–water partition coefficient (Wildman–Crippen LogP) is 8.91. The highest BCUT2D eigenvalue weighted by Gasteiger charge is 2.59. The van der Waals surface area contributed by atoms with Gasteiger partial charge >= 0.3 is 12.1 Å². The predicted molar refractivity (Wildman–Crippen MR) is 138 cm³/mol. The lowest BCUT2D eigenvalue weighted by Gasteiger charge is -2.58. The van der Waals surface area contributed by atoms with Gasteiger partial charge in [0.05, 0.1) is 0 Å². The molecule has 0 amide bonds. The second kappa shape index (κ2) is 10.1. The van der Waals surface area contributed by atoms with Gasteiger partial charge in [-0.2, -0.15) is 13.2 Å². The molecule has 4 aliphatic rings. The molecule has 0 bridgehead atoms. The van der Waals surface area contributed by atoms with E-state index < -0.39 is 18.2 Å². The molecule has 9 atom stereocenters. The van der Waals surface area contributed by atoms with E-state index in [9.17, 15) is 18.0 Å². The van der Waals surface area contributed by atoms with Gasteiger partial charge in [-0.25, -0.2) is 4.79 Å². The lowest BCUT2D eigenvalue weighted by Crippen LogP contribution is -2.51. The number of allylic oxidation sites excluding steroid dienone is 3. The fourth-order valence-electron chi connectivity index (χ4n) is 9.13. The Bertz CT molecular complexity index is 874. The van der Waals surface area contributed by atoms with E-state index in [1.54, 1.807) is 0 Å². The molecule has 36 heavy (non-hydrogen) atoms. The molecule has 0 aromatic rings. The van der Waals surface area contributed by atoms with Crippen molar-refractivity contribution >= 4 is 5.97 Å². The monoisotopic (exact) mass is 508 g/mol. The van der Waals surface area contributed by atoms with Gasteiger partial charge in [0.1, 0.15) is 6.10 Å². The molecule has 0 aromatic carbocycles. The van der Waals surface area contributed by atoms with Crippen LogP contribution < -0.4 is 0 Å². The molecule has 3 fully saturated rings. The number of carbonyl (C=O) groups is 1. The number of carbonyl (C=O) groups excluding carboxylic acids is 1. The topological polar surface area (TPSA) is 26.3 Å². The second-order valence-corrected chi connectivity index (χ2v) is 13.3. The summed E-state index contributed by atoms with van der Waals surface area (Å²) in [6.07, 6.45) is 10.8. The Morgan fingerprint density at radius 3 is 2.44 bits per heavy atom. The van der Waals surface area contributed by atoms with E-state index in [2.05, 4.69) is 59.8 Å². The Kier molecular flexibility index (Phi) is 7.82. The first kappa shape index (κ1) is 27.8. The van der Waals surface area contributed by atoms with Crippen molar-refractivity contribution in [3.8, 4) is 0 Å². The zero-order valence-corrected chi connectivity index (χ0v) is 23.2. The number of esters is 1. The van der Waals surface area contributed by atoms with Crippen LogP contribution in [0.15, 0.2) is 23.8 Å². The van der Waals surface area contributed by atoms with Gasteiger partial charge in [-0.15, -0.1) is 0 Å². The van der Waals surface area contributed by atoms with Gasteiger partial charge in [0, 0.05) is 6.42 Å². The van der Waals surface area contributed by atoms with Crippen molar-refractivity contribution in [3.05, 3.63) is 23.8 Å². The van der Waals surface area contributed by atoms with Crippen LogP contribution in [0.2, 0.25) is 0 Å². The van der Waals surface area contributed by atoms with Gasteiger partial charge in [0.2, 0.25) is 0 Å². The van der Waals surface area contributed by atoms with Crippen LogP contribution in [0.5, 0.6) is 0 Å². The van der Waals surface area contributed by atoms with Crippen LogP contribution in [-0.4, -0.2) is 18.2 Å². The minimum atomic E-state index is -4.92. The first-order chi connectivity index (χ1) is 16.8. The number of halogens is 3. The van der Waals surface area contributed by atoms with Crippen molar-refractivity contribution < 1.29 is 22.7 Å². The smallest absolute Gasteiger partial charge is 0.455 e. The molecule has 0 spiro atoms. The van der Waals surface area contributed by atoms with Crippen LogP contribution in [-0.2, 0) is 9.53 Å². The number of hydrogen-bond acceptors (Lipinski definition) is 2. The maximum Gasteiger partial charge on any atom is 0.490 e. The Labute approximate surface area is 216 Å². The molecule has 0 unspecified atom stereocenters. The van der Waals surface area contributed by atoms with E-state index in [1.807, 2.05) is 0 Å². The number of hydrogen-bond donors (Lipinski definition) is 0. The lowest BCUT2D eigenvalue weighted by atomic mass is 9.47. The molecule has 0 radical (unpaired) electrons. The molecule has 204 valence electrons. The van der Waals surface area contributed by atoms with E-state index in [0.717, 1.165) is 24.7 Å². The third-order valence-corrected chi connectivity index (χ3v) is 11.3. The standard InChI is InChI=1S/C31H47F3O2/c1-7-21(19(2)3)9-8-20(4)25-12-13-26-24-11-10-22-18-23(36-28(35)31(32,33)34)14-16-29(22,5)27(24)15-17-30(25,26)6/h8-10,19-21,23-27H,7,11-18H2,1-6H3/b9-8+/t20-,21+,23+,24+,25-,26+,27+,29+,30-/m1/s1. The fourth-order valence-corrected chi connectivity index (χ4v) is 9.13. The van der Waals surface area contributed by atoms with Crippen LogP contribution >= 0.6 is 0 Å². The quantitative estimate of drug-likeness (QED) is 0.264. The summed E-state index contributed by atoms with van der Waals surface area (Å²) in [6, 6.07) is 0. The molecule has 2 nitrogen and oxygen atoms in total. The first-order valence-electron chi connectivity index (χ1n) is 14.5.